The first kappa shape index (κ1) is 10.3. The summed E-state index contributed by atoms with van der Waals surface area (Å²) in [7, 11) is 0. The molecule has 0 bridgehead atoms. The zero-order chi connectivity index (χ0) is 9.52. The lowest BCUT2D eigenvalue weighted by molar-refractivity contribution is 0.906. The maximum atomic E-state index is 5.59. The molecule has 0 aliphatic heterocycles. The van der Waals surface area contributed by atoms with Crippen molar-refractivity contribution in [2.24, 2.45) is 5.73 Å². The molecule has 0 saturated carbocycles. The molecule has 2 N–H and O–H groups in total. The first-order valence-corrected chi connectivity index (χ1v) is 4.82. The lowest BCUT2D eigenvalue weighted by atomic mass is 10.1. The van der Waals surface area contributed by atoms with Crippen LogP contribution in [0.1, 0.15) is 12.0 Å². The first-order valence-electron chi connectivity index (χ1n) is 4.39. The summed E-state index contributed by atoms with van der Waals surface area (Å²) in [4.78, 5) is 0. The van der Waals surface area contributed by atoms with Crippen molar-refractivity contribution >= 4 is 11.6 Å². The van der Waals surface area contributed by atoms with Crippen LogP contribution in [0.2, 0.25) is 0 Å². The zero-order valence-electron chi connectivity index (χ0n) is 7.54. The molecule has 0 radical (unpaired) electrons. The molecule has 0 fully saturated rings. The Balaban J connectivity index is 2.43. The van der Waals surface area contributed by atoms with E-state index >= 15 is 0 Å². The van der Waals surface area contributed by atoms with Gasteiger partial charge in [-0.2, -0.15) is 0 Å². The fourth-order valence-electron chi connectivity index (χ4n) is 1.15. The van der Waals surface area contributed by atoms with Crippen LogP contribution in [0.5, 0.6) is 0 Å². The second-order valence-corrected chi connectivity index (χ2v) is 3.18. The van der Waals surface area contributed by atoms with Crippen LogP contribution in [0.3, 0.4) is 0 Å². The Morgan fingerprint density at radius 1 is 1.31 bits per heavy atom. The van der Waals surface area contributed by atoms with Crippen molar-refractivity contribution in [3.8, 4) is 0 Å². The van der Waals surface area contributed by atoms with Crippen LogP contribution in [-0.2, 0) is 6.42 Å². The topological polar surface area (TPSA) is 26.0 Å². The smallest absolute Gasteiger partial charge is 0.0148 e. The van der Waals surface area contributed by atoms with Gasteiger partial charge in [-0.1, -0.05) is 41.9 Å². The molecule has 2 heteroatoms. The molecule has 1 rings (SSSR count). The van der Waals surface area contributed by atoms with Crippen molar-refractivity contribution in [3.05, 3.63) is 47.0 Å². The highest BCUT2D eigenvalue weighted by molar-refractivity contribution is 6.25. The number of hydrogen-bond donors (Lipinski definition) is 1. The zero-order valence-corrected chi connectivity index (χ0v) is 8.30. The lowest BCUT2D eigenvalue weighted by Gasteiger charge is -2.02. The molecule has 0 aliphatic carbocycles. The fraction of sp³-hybridized carbons (Fsp3) is 0.273. The summed E-state index contributed by atoms with van der Waals surface area (Å²) in [6.45, 7) is 0.552. The van der Waals surface area contributed by atoms with Crippen LogP contribution in [0, 0.1) is 0 Å². The molecule has 0 aromatic heterocycles. The van der Waals surface area contributed by atoms with Crippen molar-refractivity contribution < 1.29 is 0 Å². The van der Waals surface area contributed by atoms with E-state index in [2.05, 4.69) is 12.1 Å². The van der Waals surface area contributed by atoms with E-state index in [0.29, 0.717) is 6.54 Å². The minimum Gasteiger partial charge on any atom is -0.327 e. The fourth-order valence-corrected chi connectivity index (χ4v) is 1.35. The number of halogens is 1. The third-order valence-electron chi connectivity index (χ3n) is 1.99. The molecule has 13 heavy (non-hydrogen) atoms. The summed E-state index contributed by atoms with van der Waals surface area (Å²) in [6, 6.07) is 10.3. The average Bonchev–Trinajstić information content (AvgIpc) is 2.21. The van der Waals surface area contributed by atoms with Gasteiger partial charge in [-0.3, -0.25) is 0 Å². The molecule has 0 unspecified atom stereocenters. The minimum atomic E-state index is 0.552. The van der Waals surface area contributed by atoms with Crippen molar-refractivity contribution in [3.63, 3.8) is 0 Å². The largest absolute Gasteiger partial charge is 0.327 e. The number of rotatable bonds is 4. The normalized spacial score (nSPS) is 11.7. The van der Waals surface area contributed by atoms with Crippen LogP contribution in [0.15, 0.2) is 41.4 Å². The summed E-state index contributed by atoms with van der Waals surface area (Å²) in [5.41, 5.74) is 9.51. The van der Waals surface area contributed by atoms with Crippen LogP contribution in [0.25, 0.3) is 0 Å². The molecule has 0 saturated heterocycles. The number of nitrogens with two attached hydrogens (primary N) is 1. The van der Waals surface area contributed by atoms with Crippen molar-refractivity contribution in [1.29, 1.82) is 0 Å². The summed E-state index contributed by atoms with van der Waals surface area (Å²) < 4.78 is 0. The molecular formula is C11H14ClN. The maximum absolute atomic E-state index is 5.59. The van der Waals surface area contributed by atoms with Gasteiger partial charge in [0.25, 0.3) is 0 Å². The standard InChI is InChI=1S/C11H14ClN/c12-8-11(9-13)7-6-10-4-2-1-3-5-10/h1-5,8H,6-7,9,13H2/b11-8+. The molecule has 0 aliphatic rings. The van der Waals surface area contributed by atoms with E-state index in [9.17, 15) is 0 Å². The molecule has 0 amide bonds. The Morgan fingerprint density at radius 2 is 2.00 bits per heavy atom. The number of aryl methyl sites for hydroxylation is 1. The number of benzene rings is 1. The van der Waals surface area contributed by atoms with Gasteiger partial charge in [0.1, 0.15) is 0 Å². The third-order valence-corrected chi connectivity index (χ3v) is 2.30. The Hall–Kier alpha value is -0.790. The number of hydrogen-bond acceptors (Lipinski definition) is 1. The van der Waals surface area contributed by atoms with E-state index in [4.69, 9.17) is 17.3 Å². The Labute approximate surface area is 84.2 Å². The SMILES string of the molecule is NC/C(=C/Cl)CCc1ccccc1. The summed E-state index contributed by atoms with van der Waals surface area (Å²) in [6.07, 6.45) is 1.96. The second-order valence-electron chi connectivity index (χ2n) is 2.96. The van der Waals surface area contributed by atoms with Gasteiger partial charge in [-0.25, -0.2) is 0 Å². The van der Waals surface area contributed by atoms with Gasteiger partial charge in [-0.15, -0.1) is 0 Å². The molecule has 0 atom stereocenters. The highest BCUT2D eigenvalue weighted by Gasteiger charge is 1.95. The van der Waals surface area contributed by atoms with Gasteiger partial charge in [0.2, 0.25) is 0 Å². The first-order chi connectivity index (χ1) is 6.36. The van der Waals surface area contributed by atoms with Gasteiger partial charge >= 0.3 is 0 Å². The van der Waals surface area contributed by atoms with Gasteiger partial charge in [0.15, 0.2) is 0 Å². The second kappa shape index (κ2) is 5.79. The quantitative estimate of drug-likeness (QED) is 0.786. The van der Waals surface area contributed by atoms with Gasteiger partial charge < -0.3 is 5.73 Å². The summed E-state index contributed by atoms with van der Waals surface area (Å²) in [5, 5.41) is 0. The van der Waals surface area contributed by atoms with Crippen LogP contribution >= 0.6 is 11.6 Å². The van der Waals surface area contributed by atoms with Crippen molar-refractivity contribution in [2.45, 2.75) is 12.8 Å². The Morgan fingerprint density at radius 3 is 2.54 bits per heavy atom. The molecule has 0 spiro atoms. The highest BCUT2D eigenvalue weighted by atomic mass is 35.5. The summed E-state index contributed by atoms with van der Waals surface area (Å²) in [5.74, 6) is 0. The maximum Gasteiger partial charge on any atom is 0.0148 e. The molecule has 1 aromatic carbocycles. The third kappa shape index (κ3) is 3.62. The predicted octanol–water partition coefficient (Wildman–Crippen LogP) is 2.70. The van der Waals surface area contributed by atoms with E-state index in [1.807, 2.05) is 18.2 Å². The summed E-state index contributed by atoms with van der Waals surface area (Å²) >= 11 is 5.59. The van der Waals surface area contributed by atoms with E-state index in [-0.39, 0.29) is 0 Å². The average molecular weight is 196 g/mol. The minimum absolute atomic E-state index is 0.552. The van der Waals surface area contributed by atoms with E-state index < -0.39 is 0 Å². The van der Waals surface area contributed by atoms with Gasteiger partial charge in [0.05, 0.1) is 0 Å². The molecule has 70 valence electrons. The van der Waals surface area contributed by atoms with E-state index in [0.717, 1.165) is 18.4 Å². The lowest BCUT2D eigenvalue weighted by Crippen LogP contribution is -2.03. The van der Waals surface area contributed by atoms with E-state index in [1.165, 1.54) is 5.56 Å². The predicted molar refractivity (Wildman–Crippen MR) is 57.8 cm³/mol. The van der Waals surface area contributed by atoms with Gasteiger partial charge in [0, 0.05) is 12.1 Å². The van der Waals surface area contributed by atoms with Crippen molar-refractivity contribution in [1.82, 2.24) is 0 Å². The molecule has 1 nitrogen and oxygen atoms in total. The van der Waals surface area contributed by atoms with Crippen LogP contribution < -0.4 is 5.73 Å². The molecule has 0 heterocycles. The Bertz CT molecular complexity index is 267. The van der Waals surface area contributed by atoms with Crippen LogP contribution in [0.4, 0.5) is 0 Å². The molecule has 1 aromatic rings. The Kier molecular flexibility index (Phi) is 4.58. The van der Waals surface area contributed by atoms with Gasteiger partial charge in [-0.05, 0) is 24.0 Å². The monoisotopic (exact) mass is 195 g/mol. The van der Waals surface area contributed by atoms with E-state index in [1.54, 1.807) is 5.54 Å². The van der Waals surface area contributed by atoms with Crippen molar-refractivity contribution in [2.75, 3.05) is 6.54 Å². The van der Waals surface area contributed by atoms with Crippen LogP contribution in [-0.4, -0.2) is 6.54 Å². The highest BCUT2D eigenvalue weighted by Crippen LogP contribution is 2.08. The molecular weight excluding hydrogens is 182 g/mol.